The Morgan fingerprint density at radius 3 is 3.07 bits per heavy atom. The Morgan fingerprint density at radius 2 is 2.50 bits per heavy atom. The van der Waals surface area contributed by atoms with Crippen LogP contribution in [0, 0.1) is 5.41 Å². The lowest BCUT2D eigenvalue weighted by Crippen LogP contribution is -2.27. The van der Waals surface area contributed by atoms with Crippen LogP contribution in [0.3, 0.4) is 0 Å². The summed E-state index contributed by atoms with van der Waals surface area (Å²) < 4.78 is 4.67. The van der Waals surface area contributed by atoms with Crippen LogP contribution < -0.4 is 5.32 Å². The topological polar surface area (TPSA) is 51.0 Å². The third-order valence-electron chi connectivity index (χ3n) is 2.92. The Balaban J connectivity index is 1.78. The molecule has 0 amide bonds. The number of nitrogens with zero attached hydrogens (tertiary/aromatic N) is 2. The van der Waals surface area contributed by atoms with Gasteiger partial charge in [0.05, 0.1) is 6.54 Å². The first-order chi connectivity index (χ1) is 6.66. The van der Waals surface area contributed by atoms with Gasteiger partial charge in [-0.25, -0.2) is 0 Å². The lowest BCUT2D eigenvalue weighted by atomic mass is 9.92. The van der Waals surface area contributed by atoms with Crippen molar-refractivity contribution in [3.8, 4) is 0 Å². The zero-order valence-electron chi connectivity index (χ0n) is 8.79. The fourth-order valence-corrected chi connectivity index (χ4v) is 2.12. The van der Waals surface area contributed by atoms with Crippen molar-refractivity contribution in [1.29, 1.82) is 0 Å². The molecule has 0 aliphatic heterocycles. The monoisotopic (exact) mass is 195 g/mol. The minimum Gasteiger partial charge on any atom is -0.343 e. The summed E-state index contributed by atoms with van der Waals surface area (Å²) in [7, 11) is 0. The number of hydrogen-bond acceptors (Lipinski definition) is 4. The lowest BCUT2D eigenvalue weighted by molar-refractivity contribution is 0.361. The van der Waals surface area contributed by atoms with Crippen LogP contribution in [0.15, 0.2) is 10.9 Å². The molecule has 1 saturated carbocycles. The number of rotatable bonds is 3. The summed E-state index contributed by atoms with van der Waals surface area (Å²) in [6, 6.07) is 0.614. The molecule has 4 heteroatoms. The smallest absolute Gasteiger partial charge is 0.213 e. The summed E-state index contributed by atoms with van der Waals surface area (Å²) in [4.78, 5) is 3.97. The highest BCUT2D eigenvalue weighted by molar-refractivity contribution is 4.88. The van der Waals surface area contributed by atoms with E-state index in [0.29, 0.717) is 11.5 Å². The second kappa shape index (κ2) is 3.69. The Labute approximate surface area is 84.1 Å². The first-order valence-electron chi connectivity index (χ1n) is 5.14. The third kappa shape index (κ3) is 2.32. The van der Waals surface area contributed by atoms with Crippen LogP contribution in [-0.2, 0) is 6.54 Å². The maximum absolute atomic E-state index is 4.67. The molecule has 4 nitrogen and oxygen atoms in total. The summed E-state index contributed by atoms with van der Waals surface area (Å²) in [5.41, 5.74) is 0.495. The van der Waals surface area contributed by atoms with Crippen molar-refractivity contribution in [2.75, 3.05) is 0 Å². The Hall–Kier alpha value is -0.900. The second-order valence-electron chi connectivity index (χ2n) is 4.83. The van der Waals surface area contributed by atoms with Crippen LogP contribution in [0.25, 0.3) is 0 Å². The van der Waals surface area contributed by atoms with Gasteiger partial charge in [-0.2, -0.15) is 4.98 Å². The maximum atomic E-state index is 4.67. The third-order valence-corrected chi connectivity index (χ3v) is 2.92. The van der Waals surface area contributed by atoms with Gasteiger partial charge in [-0.05, 0) is 24.7 Å². The summed E-state index contributed by atoms with van der Waals surface area (Å²) in [5, 5.41) is 7.22. The Morgan fingerprint density at radius 1 is 1.64 bits per heavy atom. The van der Waals surface area contributed by atoms with Crippen LogP contribution in [0.4, 0.5) is 0 Å². The molecule has 1 N–H and O–H groups in total. The molecule has 0 bridgehead atoms. The number of aromatic nitrogens is 2. The molecule has 0 spiro atoms. The number of nitrogens with one attached hydrogen (secondary N) is 1. The maximum Gasteiger partial charge on any atom is 0.213 e. The van der Waals surface area contributed by atoms with Crippen molar-refractivity contribution < 1.29 is 4.52 Å². The van der Waals surface area contributed by atoms with E-state index in [1.54, 1.807) is 0 Å². The highest BCUT2D eigenvalue weighted by Crippen LogP contribution is 2.36. The molecule has 2 rings (SSSR count). The van der Waals surface area contributed by atoms with Crippen LogP contribution in [-0.4, -0.2) is 16.2 Å². The van der Waals surface area contributed by atoms with E-state index in [1.165, 1.54) is 25.7 Å². The summed E-state index contributed by atoms with van der Waals surface area (Å²) in [6.45, 7) is 5.36. The van der Waals surface area contributed by atoms with E-state index in [-0.39, 0.29) is 0 Å². The van der Waals surface area contributed by atoms with Crippen molar-refractivity contribution in [2.24, 2.45) is 5.41 Å². The Kier molecular flexibility index (Phi) is 2.54. The van der Waals surface area contributed by atoms with E-state index in [9.17, 15) is 0 Å². The van der Waals surface area contributed by atoms with Crippen molar-refractivity contribution >= 4 is 0 Å². The average Bonchev–Trinajstić information content (AvgIpc) is 2.70. The van der Waals surface area contributed by atoms with E-state index in [2.05, 4.69) is 33.8 Å². The first-order valence-corrected chi connectivity index (χ1v) is 5.14. The van der Waals surface area contributed by atoms with E-state index in [0.717, 1.165) is 12.4 Å². The zero-order chi connectivity index (χ0) is 10.0. The fourth-order valence-electron chi connectivity index (χ4n) is 2.12. The van der Waals surface area contributed by atoms with Gasteiger partial charge in [0.15, 0.2) is 5.82 Å². The predicted molar refractivity (Wildman–Crippen MR) is 52.6 cm³/mol. The molecule has 1 heterocycles. The van der Waals surface area contributed by atoms with Gasteiger partial charge in [0.1, 0.15) is 0 Å². The molecule has 1 aliphatic rings. The standard InChI is InChI=1S/C10H17N3O/c1-10(2)4-3-8(5-10)11-6-9-12-7-14-13-9/h7-8,11H,3-6H2,1-2H3. The van der Waals surface area contributed by atoms with Crippen LogP contribution in [0.5, 0.6) is 0 Å². The molecular formula is C10H17N3O. The largest absolute Gasteiger partial charge is 0.343 e. The van der Waals surface area contributed by atoms with Crippen molar-refractivity contribution in [2.45, 2.75) is 45.7 Å². The highest BCUT2D eigenvalue weighted by atomic mass is 16.5. The number of hydrogen-bond donors (Lipinski definition) is 1. The van der Waals surface area contributed by atoms with Crippen molar-refractivity contribution in [1.82, 2.24) is 15.5 Å². The molecule has 1 fully saturated rings. The van der Waals surface area contributed by atoms with Gasteiger partial charge in [0.2, 0.25) is 6.39 Å². The summed E-state index contributed by atoms with van der Waals surface area (Å²) in [6.07, 6.45) is 5.17. The second-order valence-corrected chi connectivity index (χ2v) is 4.83. The normalized spacial score (nSPS) is 25.4. The highest BCUT2D eigenvalue weighted by Gasteiger charge is 2.30. The molecule has 1 aromatic heterocycles. The van der Waals surface area contributed by atoms with E-state index >= 15 is 0 Å². The van der Waals surface area contributed by atoms with Gasteiger partial charge in [-0.3, -0.25) is 0 Å². The van der Waals surface area contributed by atoms with Gasteiger partial charge in [-0.15, -0.1) is 0 Å². The summed E-state index contributed by atoms with van der Waals surface area (Å²) in [5.74, 6) is 0.745. The molecule has 78 valence electrons. The van der Waals surface area contributed by atoms with Crippen LogP contribution in [0.2, 0.25) is 0 Å². The SMILES string of the molecule is CC1(C)CCC(NCc2ncon2)C1. The van der Waals surface area contributed by atoms with Crippen molar-refractivity contribution in [3.63, 3.8) is 0 Å². The quantitative estimate of drug-likeness (QED) is 0.798. The van der Waals surface area contributed by atoms with Gasteiger partial charge < -0.3 is 9.84 Å². The molecule has 1 unspecified atom stereocenters. The van der Waals surface area contributed by atoms with E-state index in [1.807, 2.05) is 0 Å². The van der Waals surface area contributed by atoms with Gasteiger partial charge in [0.25, 0.3) is 0 Å². The van der Waals surface area contributed by atoms with E-state index in [4.69, 9.17) is 0 Å². The fraction of sp³-hybridized carbons (Fsp3) is 0.800. The minimum absolute atomic E-state index is 0.495. The molecule has 1 atom stereocenters. The zero-order valence-corrected chi connectivity index (χ0v) is 8.79. The average molecular weight is 195 g/mol. The van der Waals surface area contributed by atoms with Crippen LogP contribution >= 0.6 is 0 Å². The van der Waals surface area contributed by atoms with Crippen LogP contribution in [0.1, 0.15) is 38.9 Å². The lowest BCUT2D eigenvalue weighted by Gasteiger charge is -2.17. The molecule has 0 aromatic carbocycles. The molecule has 0 saturated heterocycles. The molecule has 1 aromatic rings. The molecular weight excluding hydrogens is 178 g/mol. The van der Waals surface area contributed by atoms with Gasteiger partial charge in [-0.1, -0.05) is 19.0 Å². The van der Waals surface area contributed by atoms with Crippen molar-refractivity contribution in [3.05, 3.63) is 12.2 Å². The Bertz CT molecular complexity index is 282. The minimum atomic E-state index is 0.495. The van der Waals surface area contributed by atoms with Gasteiger partial charge in [0, 0.05) is 6.04 Å². The predicted octanol–water partition coefficient (Wildman–Crippen LogP) is 1.74. The van der Waals surface area contributed by atoms with Gasteiger partial charge >= 0.3 is 0 Å². The molecule has 1 aliphatic carbocycles. The molecule has 14 heavy (non-hydrogen) atoms. The first kappa shape index (κ1) is 9.65. The molecule has 0 radical (unpaired) electrons. The summed E-state index contributed by atoms with van der Waals surface area (Å²) >= 11 is 0. The van der Waals surface area contributed by atoms with E-state index < -0.39 is 0 Å².